The standard InChI is InChI=1S/C27H23BrN4O3S/c1-33-17-11-8-15(9-12-17)24-22-23(29-26-30-27(36-3)31-32(24)26)18-6-4-5-7-21(18)35-25(22)19-14-16(28)10-13-20(19)34-2/h4-14,24-25H,1-3H3,(H,29,30,31)/t24-,25+/m1/s1. The number of ether oxygens (including phenoxy) is 3. The fraction of sp³-hybridized carbons (Fsp3) is 0.185. The smallest absolute Gasteiger partial charge is 0.227 e. The van der Waals surface area contributed by atoms with Gasteiger partial charge in [0.2, 0.25) is 11.1 Å². The molecule has 182 valence electrons. The van der Waals surface area contributed by atoms with Crippen LogP contribution in [0.25, 0.3) is 5.70 Å². The van der Waals surface area contributed by atoms with E-state index in [0.29, 0.717) is 11.1 Å². The molecule has 36 heavy (non-hydrogen) atoms. The molecule has 1 aromatic heterocycles. The molecule has 6 rings (SSSR count). The van der Waals surface area contributed by atoms with Gasteiger partial charge in [0.1, 0.15) is 23.3 Å². The minimum Gasteiger partial charge on any atom is -0.497 e. The van der Waals surface area contributed by atoms with Gasteiger partial charge in [-0.15, -0.1) is 5.10 Å². The summed E-state index contributed by atoms with van der Waals surface area (Å²) < 4.78 is 20.8. The first-order valence-corrected chi connectivity index (χ1v) is 13.4. The fourth-order valence-corrected chi connectivity index (χ4v) is 5.55. The van der Waals surface area contributed by atoms with Crippen molar-refractivity contribution in [2.45, 2.75) is 17.3 Å². The van der Waals surface area contributed by atoms with E-state index < -0.39 is 6.10 Å². The van der Waals surface area contributed by atoms with E-state index in [0.717, 1.165) is 49.7 Å². The number of hydrogen-bond acceptors (Lipinski definition) is 7. The predicted molar refractivity (Wildman–Crippen MR) is 144 cm³/mol. The average molecular weight is 563 g/mol. The highest BCUT2D eigenvalue weighted by Crippen LogP contribution is 2.52. The molecule has 1 N–H and O–H groups in total. The van der Waals surface area contributed by atoms with E-state index in [4.69, 9.17) is 24.3 Å². The summed E-state index contributed by atoms with van der Waals surface area (Å²) in [6.07, 6.45) is 1.54. The molecule has 3 heterocycles. The first-order valence-electron chi connectivity index (χ1n) is 11.4. The first-order chi connectivity index (χ1) is 17.6. The normalized spacial score (nSPS) is 17.9. The summed E-state index contributed by atoms with van der Waals surface area (Å²) in [5, 5.41) is 9.13. The monoisotopic (exact) mass is 562 g/mol. The van der Waals surface area contributed by atoms with Crippen LogP contribution in [0.1, 0.15) is 28.8 Å². The zero-order valence-corrected chi connectivity index (χ0v) is 22.3. The number of rotatable bonds is 5. The lowest BCUT2D eigenvalue weighted by molar-refractivity contribution is 0.217. The Morgan fingerprint density at radius 2 is 1.83 bits per heavy atom. The quantitative estimate of drug-likeness (QED) is 0.284. The van der Waals surface area contributed by atoms with Crippen molar-refractivity contribution >= 4 is 39.3 Å². The third-order valence-electron chi connectivity index (χ3n) is 6.45. The Hall–Kier alpha value is -3.43. The molecule has 0 spiro atoms. The molecule has 2 atom stereocenters. The van der Waals surface area contributed by atoms with Crippen LogP contribution in [-0.2, 0) is 0 Å². The molecule has 3 aromatic carbocycles. The Morgan fingerprint density at radius 1 is 1.03 bits per heavy atom. The predicted octanol–water partition coefficient (Wildman–Crippen LogP) is 6.34. The van der Waals surface area contributed by atoms with E-state index in [9.17, 15) is 0 Å². The first kappa shape index (κ1) is 23.0. The van der Waals surface area contributed by atoms with Crippen molar-refractivity contribution in [3.05, 3.63) is 93.5 Å². The summed E-state index contributed by atoms with van der Waals surface area (Å²) in [5.41, 5.74) is 4.95. The maximum Gasteiger partial charge on any atom is 0.227 e. The van der Waals surface area contributed by atoms with Gasteiger partial charge in [0.25, 0.3) is 0 Å². The van der Waals surface area contributed by atoms with Gasteiger partial charge >= 0.3 is 0 Å². The zero-order chi connectivity index (χ0) is 24.8. The van der Waals surface area contributed by atoms with E-state index in [2.05, 4.69) is 45.5 Å². The van der Waals surface area contributed by atoms with Crippen LogP contribution in [0.4, 0.5) is 5.95 Å². The van der Waals surface area contributed by atoms with Gasteiger partial charge in [0, 0.05) is 21.2 Å². The lowest BCUT2D eigenvalue weighted by Gasteiger charge is -2.39. The van der Waals surface area contributed by atoms with Gasteiger partial charge in [-0.25, -0.2) is 4.68 Å². The second-order valence-corrected chi connectivity index (χ2v) is 10.1. The highest BCUT2D eigenvalue weighted by atomic mass is 79.9. The second-order valence-electron chi connectivity index (χ2n) is 8.38. The molecule has 9 heteroatoms. The number of nitrogens with zero attached hydrogens (tertiary/aromatic N) is 3. The van der Waals surface area contributed by atoms with Gasteiger partial charge in [-0.1, -0.05) is 52.0 Å². The molecule has 0 radical (unpaired) electrons. The molecule has 0 saturated carbocycles. The molecule has 2 aliphatic rings. The number of halogens is 1. The average Bonchev–Trinajstić information content (AvgIpc) is 3.34. The summed E-state index contributed by atoms with van der Waals surface area (Å²) in [6, 6.07) is 21.8. The Labute approximate surface area is 221 Å². The van der Waals surface area contributed by atoms with Crippen LogP contribution in [0.3, 0.4) is 0 Å². The number of methoxy groups -OCH3 is 2. The number of anilines is 1. The molecule has 7 nitrogen and oxygen atoms in total. The SMILES string of the molecule is COc1ccc([C@@H]2C3=C(Nc4nc(SC)nn42)c2ccccc2O[C@H]3c2cc(Br)ccc2OC)cc1. The van der Waals surface area contributed by atoms with Crippen molar-refractivity contribution in [2.75, 3.05) is 25.8 Å². The Morgan fingerprint density at radius 3 is 2.58 bits per heavy atom. The van der Waals surface area contributed by atoms with E-state index >= 15 is 0 Å². The molecule has 0 unspecified atom stereocenters. The van der Waals surface area contributed by atoms with Gasteiger partial charge in [0.05, 0.1) is 19.9 Å². The van der Waals surface area contributed by atoms with Gasteiger partial charge in [-0.3, -0.25) is 0 Å². The molecule has 0 amide bonds. The largest absolute Gasteiger partial charge is 0.497 e. The summed E-state index contributed by atoms with van der Waals surface area (Å²) in [4.78, 5) is 4.76. The number of hydrogen-bond donors (Lipinski definition) is 1. The fourth-order valence-electron chi connectivity index (χ4n) is 4.82. The Balaban J connectivity index is 1.64. The minimum absolute atomic E-state index is 0.266. The third kappa shape index (κ3) is 3.74. The van der Waals surface area contributed by atoms with Gasteiger partial charge in [-0.2, -0.15) is 4.98 Å². The third-order valence-corrected chi connectivity index (χ3v) is 7.48. The number of thioether (sulfide) groups is 1. The molecule has 2 aliphatic heterocycles. The summed E-state index contributed by atoms with van der Waals surface area (Å²) >= 11 is 5.15. The molecule has 0 saturated heterocycles. The van der Waals surface area contributed by atoms with E-state index in [-0.39, 0.29) is 6.04 Å². The van der Waals surface area contributed by atoms with Crippen molar-refractivity contribution < 1.29 is 14.2 Å². The summed E-state index contributed by atoms with van der Waals surface area (Å²) in [6.45, 7) is 0. The van der Waals surface area contributed by atoms with Crippen molar-refractivity contribution in [3.8, 4) is 17.2 Å². The van der Waals surface area contributed by atoms with E-state index in [1.807, 2.05) is 53.4 Å². The van der Waals surface area contributed by atoms with Crippen LogP contribution in [0.15, 0.2) is 81.9 Å². The Kier molecular flexibility index (Phi) is 5.89. The van der Waals surface area contributed by atoms with Crippen LogP contribution >= 0.6 is 27.7 Å². The molecule has 0 bridgehead atoms. The van der Waals surface area contributed by atoms with Crippen LogP contribution in [0.2, 0.25) is 0 Å². The summed E-state index contributed by atoms with van der Waals surface area (Å²) in [7, 11) is 3.35. The topological polar surface area (TPSA) is 70.4 Å². The molecular formula is C27H23BrN4O3S. The number of fused-ring (bicyclic) bond motifs is 3. The van der Waals surface area contributed by atoms with Crippen LogP contribution < -0.4 is 19.5 Å². The number of benzene rings is 3. The van der Waals surface area contributed by atoms with Crippen LogP contribution in [0, 0.1) is 0 Å². The lowest BCUT2D eigenvalue weighted by Crippen LogP contribution is -2.32. The number of para-hydroxylation sites is 1. The highest BCUT2D eigenvalue weighted by Gasteiger charge is 2.42. The number of nitrogens with one attached hydrogen (secondary N) is 1. The van der Waals surface area contributed by atoms with Gasteiger partial charge in [-0.05, 0) is 54.3 Å². The van der Waals surface area contributed by atoms with Gasteiger partial charge in [0.15, 0.2) is 6.10 Å². The van der Waals surface area contributed by atoms with E-state index in [1.165, 1.54) is 11.8 Å². The second kappa shape index (κ2) is 9.22. The van der Waals surface area contributed by atoms with Crippen molar-refractivity contribution in [3.63, 3.8) is 0 Å². The maximum absolute atomic E-state index is 6.74. The van der Waals surface area contributed by atoms with Gasteiger partial charge < -0.3 is 19.5 Å². The molecule has 0 fully saturated rings. The zero-order valence-electron chi connectivity index (χ0n) is 19.9. The van der Waals surface area contributed by atoms with Crippen molar-refractivity contribution in [2.24, 2.45) is 0 Å². The van der Waals surface area contributed by atoms with Crippen molar-refractivity contribution in [1.82, 2.24) is 14.8 Å². The van der Waals surface area contributed by atoms with Crippen LogP contribution in [0.5, 0.6) is 17.2 Å². The molecule has 0 aliphatic carbocycles. The summed E-state index contributed by atoms with van der Waals surface area (Å²) in [5.74, 6) is 3.02. The molecule has 4 aromatic rings. The molecular weight excluding hydrogens is 540 g/mol. The Bertz CT molecular complexity index is 1480. The van der Waals surface area contributed by atoms with E-state index in [1.54, 1.807) is 14.2 Å². The maximum atomic E-state index is 6.74. The van der Waals surface area contributed by atoms with Crippen LogP contribution in [-0.4, -0.2) is 35.2 Å². The minimum atomic E-state index is -0.433. The number of aromatic nitrogens is 3. The lowest BCUT2D eigenvalue weighted by atomic mass is 9.84. The highest BCUT2D eigenvalue weighted by molar-refractivity contribution is 9.10. The van der Waals surface area contributed by atoms with Crippen molar-refractivity contribution in [1.29, 1.82) is 0 Å².